The van der Waals surface area contributed by atoms with Gasteiger partial charge in [-0.05, 0) is 36.3 Å². The Morgan fingerprint density at radius 3 is 2.34 bits per heavy atom. The molecule has 2 aliphatic heterocycles. The standard InChI is InChI=1S/C34H31N3O6S/c1-2-42-33(40)29-30(24-9-5-3-6-10-24)35-34-37(31(29)25-11-7-4-8-12-25)32(39)27(44-34)21-23-13-15-26(16-14-23)43-22-28(38)36-17-19-41-20-18-36/h3-16,21,31H,2,17-20,22H2,1H3/b27-21+/t31-/m1/s1. The number of fused-ring (bicyclic) bond motifs is 1. The van der Waals surface area contributed by atoms with Crippen LogP contribution in [0.3, 0.4) is 0 Å². The topological polar surface area (TPSA) is 99.4 Å². The number of aromatic nitrogens is 1. The van der Waals surface area contributed by atoms with Crippen LogP contribution in [0.4, 0.5) is 0 Å². The normalized spacial score (nSPS) is 16.7. The molecule has 1 saturated heterocycles. The molecule has 0 N–H and O–H groups in total. The van der Waals surface area contributed by atoms with Gasteiger partial charge in [-0.25, -0.2) is 9.79 Å². The monoisotopic (exact) mass is 609 g/mol. The smallest absolute Gasteiger partial charge is 0.338 e. The summed E-state index contributed by atoms with van der Waals surface area (Å²) >= 11 is 1.27. The lowest BCUT2D eigenvalue weighted by molar-refractivity contribution is -0.139. The number of carbonyl (C=O) groups excluding carboxylic acids is 2. The van der Waals surface area contributed by atoms with Crippen molar-refractivity contribution in [1.82, 2.24) is 9.47 Å². The Kier molecular flexibility index (Phi) is 8.81. The van der Waals surface area contributed by atoms with Gasteiger partial charge in [-0.1, -0.05) is 84.1 Å². The second kappa shape index (κ2) is 13.2. The Balaban J connectivity index is 1.37. The molecule has 4 aromatic rings. The van der Waals surface area contributed by atoms with Crippen LogP contribution in [0.25, 0.3) is 11.8 Å². The SMILES string of the molecule is CCOC(=O)C1=C(c2ccccc2)N=c2s/c(=C/c3ccc(OCC(=O)N4CCOCC4)cc3)c(=O)n2[C@@H]1c1ccccc1. The van der Waals surface area contributed by atoms with Gasteiger partial charge in [0, 0.05) is 18.7 Å². The Morgan fingerprint density at radius 2 is 1.66 bits per heavy atom. The van der Waals surface area contributed by atoms with E-state index >= 15 is 0 Å². The summed E-state index contributed by atoms with van der Waals surface area (Å²) in [5.41, 5.74) is 2.87. The molecule has 0 unspecified atom stereocenters. The van der Waals surface area contributed by atoms with Gasteiger partial charge < -0.3 is 19.1 Å². The molecule has 224 valence electrons. The quantitative estimate of drug-likeness (QED) is 0.285. The van der Waals surface area contributed by atoms with Crippen LogP contribution in [0.15, 0.2) is 100 Å². The Morgan fingerprint density at radius 1 is 0.977 bits per heavy atom. The second-order valence-corrected chi connectivity index (χ2v) is 11.2. The molecule has 44 heavy (non-hydrogen) atoms. The second-order valence-electron chi connectivity index (χ2n) is 10.2. The number of rotatable bonds is 8. The molecule has 2 aliphatic rings. The summed E-state index contributed by atoms with van der Waals surface area (Å²) < 4.78 is 18.6. The average Bonchev–Trinajstić information content (AvgIpc) is 3.38. The highest BCUT2D eigenvalue weighted by Gasteiger charge is 2.35. The largest absolute Gasteiger partial charge is 0.484 e. The third-order valence-corrected chi connectivity index (χ3v) is 8.38. The first-order chi connectivity index (χ1) is 21.5. The zero-order valence-electron chi connectivity index (χ0n) is 24.2. The third-order valence-electron chi connectivity index (χ3n) is 7.39. The average molecular weight is 610 g/mol. The Hall–Kier alpha value is -4.80. The van der Waals surface area contributed by atoms with Crippen molar-refractivity contribution >= 4 is 35.0 Å². The molecule has 6 rings (SSSR count). The van der Waals surface area contributed by atoms with Crippen LogP contribution in [0.1, 0.15) is 29.7 Å². The maximum atomic E-state index is 14.0. The molecule has 0 saturated carbocycles. The molecule has 3 heterocycles. The maximum absolute atomic E-state index is 14.0. The molecule has 10 heteroatoms. The van der Waals surface area contributed by atoms with Crippen LogP contribution < -0.4 is 19.6 Å². The summed E-state index contributed by atoms with van der Waals surface area (Å²) in [6.45, 7) is 4.10. The van der Waals surface area contributed by atoms with Gasteiger partial charge in [0.2, 0.25) is 0 Å². The van der Waals surface area contributed by atoms with Crippen LogP contribution in [0.2, 0.25) is 0 Å². The van der Waals surface area contributed by atoms with E-state index < -0.39 is 12.0 Å². The van der Waals surface area contributed by atoms with E-state index in [1.54, 1.807) is 34.6 Å². The fraction of sp³-hybridized carbons (Fsp3) is 0.235. The van der Waals surface area contributed by atoms with E-state index in [-0.39, 0.29) is 24.7 Å². The van der Waals surface area contributed by atoms with Crippen molar-refractivity contribution in [2.45, 2.75) is 13.0 Å². The van der Waals surface area contributed by atoms with Crippen molar-refractivity contribution in [3.05, 3.63) is 127 Å². The minimum absolute atomic E-state index is 0.0516. The van der Waals surface area contributed by atoms with Crippen LogP contribution >= 0.6 is 11.3 Å². The van der Waals surface area contributed by atoms with Crippen LogP contribution in [0.5, 0.6) is 5.75 Å². The number of amides is 1. The Labute approximate surface area is 258 Å². The van der Waals surface area contributed by atoms with E-state index in [1.165, 1.54) is 11.3 Å². The van der Waals surface area contributed by atoms with E-state index in [2.05, 4.69) is 0 Å². The molecular formula is C34H31N3O6S. The first kappa shape index (κ1) is 29.3. The van der Waals surface area contributed by atoms with E-state index in [9.17, 15) is 14.4 Å². The zero-order chi connectivity index (χ0) is 30.5. The Bertz CT molecular complexity index is 1860. The number of carbonyl (C=O) groups is 2. The van der Waals surface area contributed by atoms with E-state index in [1.807, 2.05) is 72.8 Å². The summed E-state index contributed by atoms with van der Waals surface area (Å²) in [6, 6.07) is 25.4. The summed E-state index contributed by atoms with van der Waals surface area (Å²) in [5.74, 6) is -0.0367. The fourth-order valence-corrected chi connectivity index (χ4v) is 6.25. The predicted molar refractivity (Wildman–Crippen MR) is 167 cm³/mol. The first-order valence-electron chi connectivity index (χ1n) is 14.5. The number of ether oxygens (including phenoxy) is 3. The summed E-state index contributed by atoms with van der Waals surface area (Å²) in [6.07, 6.45) is 1.80. The van der Waals surface area contributed by atoms with E-state index in [0.29, 0.717) is 52.7 Å². The van der Waals surface area contributed by atoms with Crippen molar-refractivity contribution in [2.24, 2.45) is 4.99 Å². The van der Waals surface area contributed by atoms with Crippen LogP contribution in [0, 0.1) is 0 Å². The number of esters is 1. The molecule has 0 radical (unpaired) electrons. The van der Waals surface area contributed by atoms with Gasteiger partial charge in [0.15, 0.2) is 11.4 Å². The molecule has 1 atom stereocenters. The van der Waals surface area contributed by atoms with Gasteiger partial charge in [0.05, 0.1) is 41.7 Å². The molecule has 0 aliphatic carbocycles. The molecule has 9 nitrogen and oxygen atoms in total. The lowest BCUT2D eigenvalue weighted by Crippen LogP contribution is -2.42. The third kappa shape index (κ3) is 6.13. The van der Waals surface area contributed by atoms with E-state index in [4.69, 9.17) is 19.2 Å². The molecule has 0 spiro atoms. The van der Waals surface area contributed by atoms with Gasteiger partial charge in [-0.15, -0.1) is 0 Å². The van der Waals surface area contributed by atoms with Crippen LogP contribution in [-0.4, -0.2) is 60.9 Å². The molecule has 1 amide bonds. The number of benzene rings is 3. The summed E-state index contributed by atoms with van der Waals surface area (Å²) in [4.78, 5) is 47.0. The zero-order valence-corrected chi connectivity index (χ0v) is 25.0. The number of morpholine rings is 1. The minimum Gasteiger partial charge on any atom is -0.484 e. The number of hydrogen-bond acceptors (Lipinski definition) is 8. The van der Waals surface area contributed by atoms with E-state index in [0.717, 1.165) is 16.7 Å². The molecular weight excluding hydrogens is 578 g/mol. The number of thiazole rings is 1. The molecule has 3 aromatic carbocycles. The summed E-state index contributed by atoms with van der Waals surface area (Å²) in [5, 5.41) is 0. The van der Waals surface area contributed by atoms with Crippen LogP contribution in [-0.2, 0) is 19.1 Å². The minimum atomic E-state index is -0.719. The van der Waals surface area contributed by atoms with Gasteiger partial charge in [0.1, 0.15) is 5.75 Å². The van der Waals surface area contributed by atoms with Gasteiger partial charge in [-0.2, -0.15) is 0 Å². The van der Waals surface area contributed by atoms with Crippen molar-refractivity contribution < 1.29 is 23.8 Å². The highest BCUT2D eigenvalue weighted by atomic mass is 32.1. The fourth-order valence-electron chi connectivity index (χ4n) is 5.25. The molecule has 1 fully saturated rings. The van der Waals surface area contributed by atoms with Crippen molar-refractivity contribution in [3.63, 3.8) is 0 Å². The van der Waals surface area contributed by atoms with Crippen molar-refractivity contribution in [2.75, 3.05) is 39.5 Å². The number of hydrogen-bond donors (Lipinski definition) is 0. The summed E-state index contributed by atoms with van der Waals surface area (Å²) in [7, 11) is 0. The van der Waals surface area contributed by atoms with Crippen molar-refractivity contribution in [3.8, 4) is 5.75 Å². The maximum Gasteiger partial charge on any atom is 0.338 e. The lowest BCUT2D eigenvalue weighted by atomic mass is 9.93. The van der Waals surface area contributed by atoms with Gasteiger partial charge >= 0.3 is 5.97 Å². The highest BCUT2D eigenvalue weighted by molar-refractivity contribution is 7.07. The molecule has 0 bridgehead atoms. The first-order valence-corrected chi connectivity index (χ1v) is 15.3. The van der Waals surface area contributed by atoms with Gasteiger partial charge in [-0.3, -0.25) is 14.2 Å². The number of nitrogens with zero attached hydrogens (tertiary/aromatic N) is 3. The van der Waals surface area contributed by atoms with Crippen molar-refractivity contribution in [1.29, 1.82) is 0 Å². The molecule has 1 aromatic heterocycles. The lowest BCUT2D eigenvalue weighted by Gasteiger charge is -2.26. The predicted octanol–water partition coefficient (Wildman–Crippen LogP) is 3.17. The highest BCUT2D eigenvalue weighted by Crippen LogP contribution is 2.35. The van der Waals surface area contributed by atoms with Gasteiger partial charge in [0.25, 0.3) is 11.5 Å².